The molecule has 2 aliphatic rings. The van der Waals surface area contributed by atoms with Crippen LogP contribution in [0.4, 0.5) is 18.0 Å². The van der Waals surface area contributed by atoms with Crippen LogP contribution in [-0.4, -0.2) is 56.9 Å². The molecule has 0 N–H and O–H groups in total. The van der Waals surface area contributed by atoms with Gasteiger partial charge in [0.05, 0.1) is 17.4 Å². The molecular formula is C27H27F3IN3O5. The number of amides is 4. The summed E-state index contributed by atoms with van der Waals surface area (Å²) in [7, 11) is 2.51. The number of pyridine rings is 1. The normalized spacial score (nSPS) is 17.6. The van der Waals surface area contributed by atoms with Crippen LogP contribution in [0.3, 0.4) is 0 Å². The number of aromatic nitrogens is 1. The average Bonchev–Trinajstić information content (AvgIpc) is 3.42. The lowest BCUT2D eigenvalue weighted by Crippen LogP contribution is -2.53. The van der Waals surface area contributed by atoms with Crippen molar-refractivity contribution in [3.05, 3.63) is 53.2 Å². The maximum absolute atomic E-state index is 13.5. The molecule has 2 heterocycles. The van der Waals surface area contributed by atoms with Gasteiger partial charge in [-0.1, -0.05) is 6.92 Å². The Morgan fingerprint density at radius 3 is 2.31 bits per heavy atom. The standard InChI is InChI=1S/C27H27F3IN3O5/c1-4-21(31)39-23(22-24(35)33(2)26(37)34(3)25(22)36)16-11-15(12-19(13-16)38-18-7-5-6-8-18)20-14-17(9-10-32-20)27(28,29)30/h9-14,18,21H,4-8H2,1-3H3. The molecule has 1 aromatic carbocycles. The number of ether oxygens (including phenoxy) is 2. The number of likely N-dealkylation sites (N-methyl/N-ethyl adjacent to an activating group) is 2. The highest BCUT2D eigenvalue weighted by atomic mass is 127. The Morgan fingerprint density at radius 2 is 1.72 bits per heavy atom. The number of benzene rings is 1. The molecule has 0 spiro atoms. The molecule has 208 valence electrons. The van der Waals surface area contributed by atoms with E-state index in [1.54, 1.807) is 12.1 Å². The summed E-state index contributed by atoms with van der Waals surface area (Å²) in [5.74, 6) is -1.45. The number of rotatable bonds is 7. The number of urea groups is 1. The van der Waals surface area contributed by atoms with Gasteiger partial charge in [-0.3, -0.25) is 24.4 Å². The van der Waals surface area contributed by atoms with Crippen LogP contribution in [0.5, 0.6) is 5.75 Å². The van der Waals surface area contributed by atoms with Crippen LogP contribution in [-0.2, 0) is 20.5 Å². The average molecular weight is 657 g/mol. The molecule has 1 aromatic heterocycles. The van der Waals surface area contributed by atoms with E-state index in [9.17, 15) is 27.6 Å². The van der Waals surface area contributed by atoms with E-state index in [1.165, 1.54) is 20.2 Å². The van der Waals surface area contributed by atoms with Crippen LogP contribution in [0.1, 0.15) is 50.2 Å². The predicted molar refractivity (Wildman–Crippen MR) is 145 cm³/mol. The summed E-state index contributed by atoms with van der Waals surface area (Å²) < 4.78 is 52.2. The number of nitrogens with zero attached hydrogens (tertiary/aromatic N) is 3. The van der Waals surface area contributed by atoms with E-state index < -0.39 is 33.7 Å². The van der Waals surface area contributed by atoms with Crippen LogP contribution in [0.15, 0.2) is 42.1 Å². The van der Waals surface area contributed by atoms with Gasteiger partial charge < -0.3 is 9.47 Å². The van der Waals surface area contributed by atoms with Crippen LogP contribution in [0, 0.1) is 0 Å². The monoisotopic (exact) mass is 657 g/mol. The number of hydrogen-bond donors (Lipinski definition) is 0. The minimum atomic E-state index is -4.58. The Balaban J connectivity index is 1.94. The van der Waals surface area contributed by atoms with Gasteiger partial charge in [-0.15, -0.1) is 0 Å². The Kier molecular flexibility index (Phi) is 8.52. The lowest BCUT2D eigenvalue weighted by Gasteiger charge is -2.30. The van der Waals surface area contributed by atoms with E-state index in [0.29, 0.717) is 12.2 Å². The van der Waals surface area contributed by atoms with Crippen molar-refractivity contribution in [2.45, 2.75) is 55.4 Å². The van der Waals surface area contributed by atoms with Gasteiger partial charge in [0, 0.05) is 31.4 Å². The summed E-state index contributed by atoms with van der Waals surface area (Å²) in [4.78, 5) is 44.5. The Bertz CT molecular complexity index is 1300. The van der Waals surface area contributed by atoms with Crippen LogP contribution in [0.2, 0.25) is 0 Å². The van der Waals surface area contributed by atoms with E-state index in [0.717, 1.165) is 53.8 Å². The van der Waals surface area contributed by atoms with Gasteiger partial charge >= 0.3 is 12.2 Å². The van der Waals surface area contributed by atoms with Crippen molar-refractivity contribution >= 4 is 46.2 Å². The molecule has 12 heteroatoms. The highest BCUT2D eigenvalue weighted by Crippen LogP contribution is 2.37. The fourth-order valence-electron chi connectivity index (χ4n) is 4.41. The minimum Gasteiger partial charge on any atom is -0.490 e. The van der Waals surface area contributed by atoms with E-state index in [2.05, 4.69) is 4.98 Å². The van der Waals surface area contributed by atoms with Gasteiger partial charge in [0.2, 0.25) is 0 Å². The van der Waals surface area contributed by atoms with Crippen LogP contribution in [0.25, 0.3) is 17.0 Å². The number of imide groups is 2. The van der Waals surface area contributed by atoms with Crippen molar-refractivity contribution in [2.24, 2.45) is 0 Å². The number of carbonyl (C=O) groups excluding carboxylic acids is 3. The van der Waals surface area contributed by atoms with Crippen LogP contribution >= 0.6 is 22.6 Å². The first-order valence-electron chi connectivity index (χ1n) is 12.4. The van der Waals surface area contributed by atoms with Crippen molar-refractivity contribution < 1.29 is 37.0 Å². The molecule has 1 aliphatic carbocycles. The molecule has 2 fully saturated rings. The van der Waals surface area contributed by atoms with Crippen molar-refractivity contribution in [2.75, 3.05) is 14.1 Å². The molecule has 39 heavy (non-hydrogen) atoms. The van der Waals surface area contributed by atoms with Crippen molar-refractivity contribution in [3.8, 4) is 17.0 Å². The summed E-state index contributed by atoms with van der Waals surface area (Å²) in [6.07, 6.45) is 0.567. The maximum atomic E-state index is 13.5. The van der Waals surface area contributed by atoms with E-state index in [-0.39, 0.29) is 34.3 Å². The smallest absolute Gasteiger partial charge is 0.416 e. The summed E-state index contributed by atoms with van der Waals surface area (Å²) in [6, 6.07) is 5.69. The van der Waals surface area contributed by atoms with Crippen molar-refractivity contribution in [1.29, 1.82) is 0 Å². The summed E-state index contributed by atoms with van der Waals surface area (Å²) in [6.45, 7) is 1.85. The summed E-state index contributed by atoms with van der Waals surface area (Å²) in [5, 5.41) is 0. The van der Waals surface area contributed by atoms with Gasteiger partial charge in [-0.05, 0) is 85.0 Å². The van der Waals surface area contributed by atoms with Crippen LogP contribution < -0.4 is 4.74 Å². The van der Waals surface area contributed by atoms with E-state index >= 15 is 0 Å². The highest BCUT2D eigenvalue weighted by molar-refractivity contribution is 14.1. The largest absolute Gasteiger partial charge is 0.490 e. The zero-order valence-electron chi connectivity index (χ0n) is 21.5. The molecule has 1 atom stereocenters. The second-order valence-electron chi connectivity index (χ2n) is 9.35. The third-order valence-corrected chi connectivity index (χ3v) is 7.70. The Labute approximate surface area is 237 Å². The van der Waals surface area contributed by atoms with E-state index in [4.69, 9.17) is 9.47 Å². The fraction of sp³-hybridized carbons (Fsp3) is 0.407. The molecule has 1 saturated heterocycles. The summed E-state index contributed by atoms with van der Waals surface area (Å²) >= 11 is 2.01. The van der Waals surface area contributed by atoms with Gasteiger partial charge in [0.25, 0.3) is 11.8 Å². The zero-order chi connectivity index (χ0) is 28.5. The number of barbiturate groups is 1. The lowest BCUT2D eigenvalue weighted by atomic mass is 10.00. The maximum Gasteiger partial charge on any atom is 0.416 e. The molecule has 8 nitrogen and oxygen atoms in total. The first-order chi connectivity index (χ1) is 18.4. The number of hydrogen-bond acceptors (Lipinski definition) is 6. The molecule has 0 radical (unpaired) electrons. The van der Waals surface area contributed by atoms with Gasteiger partial charge in [-0.25, -0.2) is 4.79 Å². The molecular weight excluding hydrogens is 630 g/mol. The molecule has 1 unspecified atom stereocenters. The molecule has 4 rings (SSSR count). The van der Waals surface area contributed by atoms with Gasteiger partial charge in [-0.2, -0.15) is 13.2 Å². The topological polar surface area (TPSA) is 89.0 Å². The third-order valence-electron chi connectivity index (χ3n) is 6.56. The third kappa shape index (κ3) is 6.20. The predicted octanol–water partition coefficient (Wildman–Crippen LogP) is 6.04. The highest BCUT2D eigenvalue weighted by Gasteiger charge is 2.41. The van der Waals surface area contributed by atoms with Crippen molar-refractivity contribution in [1.82, 2.24) is 14.8 Å². The quantitative estimate of drug-likeness (QED) is 0.119. The lowest BCUT2D eigenvalue weighted by molar-refractivity contribution is -0.138. The van der Waals surface area contributed by atoms with E-state index in [1.807, 2.05) is 29.5 Å². The number of halogens is 4. The number of alkyl halides is 4. The fourth-order valence-corrected chi connectivity index (χ4v) is 4.67. The molecule has 0 bridgehead atoms. The summed E-state index contributed by atoms with van der Waals surface area (Å²) in [5.41, 5.74) is -0.690. The minimum absolute atomic E-state index is 0.0273. The first-order valence-corrected chi connectivity index (χ1v) is 13.7. The van der Waals surface area contributed by atoms with Crippen molar-refractivity contribution in [3.63, 3.8) is 0 Å². The first kappa shape index (κ1) is 28.8. The molecule has 2 aromatic rings. The second kappa shape index (κ2) is 11.5. The molecule has 1 saturated carbocycles. The Hall–Kier alpha value is -3.16. The molecule has 1 aliphatic heterocycles. The zero-order valence-corrected chi connectivity index (χ0v) is 23.7. The number of carbonyl (C=O) groups is 3. The van der Waals surface area contributed by atoms with Gasteiger partial charge in [0.1, 0.15) is 21.2 Å². The second-order valence-corrected chi connectivity index (χ2v) is 10.7. The molecule has 4 amide bonds. The van der Waals surface area contributed by atoms with Gasteiger partial charge in [0.15, 0.2) is 0 Å². The SMILES string of the molecule is CCC(I)OC(=C1C(=O)N(C)C(=O)N(C)C1=O)c1cc(OC2CCCC2)cc(-c2cc(C(F)(F)F)ccn2)c1. The Morgan fingerprint density at radius 1 is 1.08 bits per heavy atom.